The minimum atomic E-state index is -0.268. The van der Waals surface area contributed by atoms with Crippen molar-refractivity contribution in [3.8, 4) is 11.6 Å². The fourth-order valence-electron chi connectivity index (χ4n) is 2.55. The first-order valence-electron chi connectivity index (χ1n) is 9.48. The number of amides is 1. The molecule has 1 N–H and O–H groups in total. The number of aromatic nitrogens is 4. The van der Waals surface area contributed by atoms with Gasteiger partial charge < -0.3 is 14.8 Å². The zero-order valence-electron chi connectivity index (χ0n) is 17.1. The van der Waals surface area contributed by atoms with E-state index in [4.69, 9.17) is 21.1 Å². The Morgan fingerprint density at radius 1 is 1.13 bits per heavy atom. The molecule has 0 aliphatic heterocycles. The number of ether oxygens (including phenoxy) is 2. The van der Waals surface area contributed by atoms with Crippen molar-refractivity contribution in [1.29, 1.82) is 0 Å². The predicted molar refractivity (Wildman–Crippen MR) is 113 cm³/mol. The molecule has 1 amide bonds. The number of benzene rings is 1. The lowest BCUT2D eigenvalue weighted by molar-refractivity contribution is -0.0168. The van der Waals surface area contributed by atoms with Crippen molar-refractivity contribution in [2.45, 2.75) is 32.9 Å². The molecular weight excluding hydrogens is 406 g/mol. The predicted octanol–water partition coefficient (Wildman–Crippen LogP) is 3.44. The van der Waals surface area contributed by atoms with Crippen molar-refractivity contribution in [2.75, 3.05) is 13.2 Å². The Labute approximate surface area is 180 Å². The van der Waals surface area contributed by atoms with E-state index in [1.54, 1.807) is 35.2 Å². The molecule has 1 aromatic carbocycles. The summed E-state index contributed by atoms with van der Waals surface area (Å²) in [6.07, 6.45) is 3.06. The molecule has 0 bridgehead atoms. The maximum atomic E-state index is 12.4. The summed E-state index contributed by atoms with van der Waals surface area (Å²) >= 11 is 5.93. The lowest BCUT2D eigenvalue weighted by atomic mass is 10.2. The Bertz CT molecular complexity index is 966. The molecule has 0 saturated heterocycles. The van der Waals surface area contributed by atoms with Crippen molar-refractivity contribution in [1.82, 2.24) is 25.1 Å². The third-order valence-corrected chi connectivity index (χ3v) is 4.25. The first kappa shape index (κ1) is 21.7. The number of rotatable bonds is 8. The molecule has 0 aliphatic carbocycles. The second kappa shape index (κ2) is 9.69. The van der Waals surface area contributed by atoms with Crippen molar-refractivity contribution < 1.29 is 14.3 Å². The number of halogens is 1. The summed E-state index contributed by atoms with van der Waals surface area (Å²) in [5, 5.41) is 11.5. The van der Waals surface area contributed by atoms with E-state index in [0.29, 0.717) is 35.5 Å². The topological polar surface area (TPSA) is 91.2 Å². The summed E-state index contributed by atoms with van der Waals surface area (Å²) < 4.78 is 12.9. The fraction of sp³-hybridized carbons (Fsp3) is 0.333. The minimum Gasteiger partial charge on any atom is -0.475 e. The van der Waals surface area contributed by atoms with Crippen LogP contribution in [0, 0.1) is 0 Å². The monoisotopic (exact) mass is 429 g/mol. The van der Waals surface area contributed by atoms with E-state index >= 15 is 0 Å². The van der Waals surface area contributed by atoms with Gasteiger partial charge in [0.15, 0.2) is 5.82 Å². The van der Waals surface area contributed by atoms with Crippen LogP contribution in [0.15, 0.2) is 48.9 Å². The number of hydrogen-bond donors (Lipinski definition) is 1. The highest BCUT2D eigenvalue weighted by molar-refractivity contribution is 6.30. The first-order valence-corrected chi connectivity index (χ1v) is 9.85. The minimum absolute atomic E-state index is 0.212. The summed E-state index contributed by atoms with van der Waals surface area (Å²) in [6, 6.07) is 10.6. The quantitative estimate of drug-likeness (QED) is 0.551. The van der Waals surface area contributed by atoms with Crippen molar-refractivity contribution in [3.63, 3.8) is 0 Å². The highest BCUT2D eigenvalue weighted by Crippen LogP contribution is 2.15. The normalized spacial score (nSPS) is 11.3. The number of hydrogen-bond acceptors (Lipinski definition) is 6. The van der Waals surface area contributed by atoms with Crippen LogP contribution in [0.2, 0.25) is 5.02 Å². The van der Waals surface area contributed by atoms with Crippen LogP contribution < -0.4 is 10.1 Å². The smallest absolute Gasteiger partial charge is 0.253 e. The molecule has 158 valence electrons. The molecule has 0 unspecified atom stereocenters. The van der Waals surface area contributed by atoms with E-state index < -0.39 is 0 Å². The van der Waals surface area contributed by atoms with Gasteiger partial charge in [-0.1, -0.05) is 11.6 Å². The van der Waals surface area contributed by atoms with Crippen molar-refractivity contribution in [2.24, 2.45) is 0 Å². The molecule has 3 aromatic rings. The molecular formula is C21H24ClN5O3. The third-order valence-electron chi connectivity index (χ3n) is 4.00. The van der Waals surface area contributed by atoms with E-state index in [2.05, 4.69) is 20.5 Å². The Hall–Kier alpha value is -2.97. The summed E-state index contributed by atoms with van der Waals surface area (Å²) in [5.41, 5.74) is 1.06. The molecule has 3 rings (SSSR count). The van der Waals surface area contributed by atoms with Gasteiger partial charge in [0.2, 0.25) is 5.88 Å². The molecule has 0 radical (unpaired) electrons. The van der Waals surface area contributed by atoms with Crippen LogP contribution in [0.5, 0.6) is 5.88 Å². The lowest BCUT2D eigenvalue weighted by Gasteiger charge is -2.19. The largest absolute Gasteiger partial charge is 0.475 e. The van der Waals surface area contributed by atoms with Gasteiger partial charge in [0, 0.05) is 23.0 Å². The number of carbonyl (C=O) groups excluding carboxylic acids is 1. The van der Waals surface area contributed by atoms with E-state index in [1.165, 1.54) is 6.20 Å². The average Bonchev–Trinajstić information content (AvgIpc) is 3.18. The molecule has 2 aromatic heterocycles. The lowest BCUT2D eigenvalue weighted by Crippen LogP contribution is -2.24. The van der Waals surface area contributed by atoms with Crippen LogP contribution >= 0.6 is 11.6 Å². The Balaban J connectivity index is 1.52. The van der Waals surface area contributed by atoms with Gasteiger partial charge in [0.05, 0.1) is 24.3 Å². The van der Waals surface area contributed by atoms with Crippen molar-refractivity contribution in [3.05, 3.63) is 65.3 Å². The van der Waals surface area contributed by atoms with Gasteiger partial charge in [-0.05, 0) is 51.1 Å². The Kier molecular flexibility index (Phi) is 7.02. The van der Waals surface area contributed by atoms with Gasteiger partial charge in [0.25, 0.3) is 5.91 Å². The zero-order chi connectivity index (χ0) is 21.6. The van der Waals surface area contributed by atoms with E-state index in [0.717, 1.165) is 5.69 Å². The summed E-state index contributed by atoms with van der Waals surface area (Å²) in [7, 11) is 0. The molecule has 0 fully saturated rings. The fourth-order valence-corrected chi connectivity index (χ4v) is 2.68. The maximum absolute atomic E-state index is 12.4. The highest BCUT2D eigenvalue weighted by atomic mass is 35.5. The maximum Gasteiger partial charge on any atom is 0.253 e. The highest BCUT2D eigenvalue weighted by Gasteiger charge is 2.12. The summed E-state index contributed by atoms with van der Waals surface area (Å²) in [4.78, 5) is 16.6. The Morgan fingerprint density at radius 2 is 1.90 bits per heavy atom. The van der Waals surface area contributed by atoms with E-state index in [9.17, 15) is 4.79 Å². The number of carbonyl (C=O) groups is 1. The SMILES string of the molecule is CC(C)(C)OCCOc1ccc(C(=O)NCc2nncn2-c2ccc(Cl)cc2)cn1. The third kappa shape index (κ3) is 6.27. The second-order valence-electron chi connectivity index (χ2n) is 7.47. The summed E-state index contributed by atoms with van der Waals surface area (Å²) in [5.74, 6) is 0.764. The van der Waals surface area contributed by atoms with Crippen LogP contribution in [0.1, 0.15) is 37.0 Å². The molecule has 9 heteroatoms. The number of nitrogens with one attached hydrogen (secondary N) is 1. The zero-order valence-corrected chi connectivity index (χ0v) is 17.9. The van der Waals surface area contributed by atoms with Gasteiger partial charge in [-0.15, -0.1) is 10.2 Å². The molecule has 0 aliphatic rings. The number of nitrogens with zero attached hydrogens (tertiary/aromatic N) is 4. The van der Waals surface area contributed by atoms with E-state index in [-0.39, 0.29) is 18.1 Å². The second-order valence-corrected chi connectivity index (χ2v) is 7.91. The van der Waals surface area contributed by atoms with Crippen LogP contribution in [0.25, 0.3) is 5.69 Å². The van der Waals surface area contributed by atoms with Crippen LogP contribution in [-0.2, 0) is 11.3 Å². The van der Waals surface area contributed by atoms with Gasteiger partial charge in [-0.3, -0.25) is 9.36 Å². The van der Waals surface area contributed by atoms with Gasteiger partial charge in [0.1, 0.15) is 12.9 Å². The molecule has 8 nitrogen and oxygen atoms in total. The summed E-state index contributed by atoms with van der Waals surface area (Å²) in [6.45, 7) is 7.01. The average molecular weight is 430 g/mol. The van der Waals surface area contributed by atoms with Crippen LogP contribution in [-0.4, -0.2) is 44.5 Å². The van der Waals surface area contributed by atoms with E-state index in [1.807, 2.05) is 32.9 Å². The van der Waals surface area contributed by atoms with Crippen molar-refractivity contribution >= 4 is 17.5 Å². The molecule has 0 saturated carbocycles. The molecule has 30 heavy (non-hydrogen) atoms. The molecule has 0 atom stereocenters. The van der Waals surface area contributed by atoms with Gasteiger partial charge in [-0.25, -0.2) is 4.98 Å². The molecule has 2 heterocycles. The van der Waals surface area contributed by atoms with Gasteiger partial charge in [-0.2, -0.15) is 0 Å². The van der Waals surface area contributed by atoms with Gasteiger partial charge >= 0.3 is 0 Å². The van der Waals surface area contributed by atoms with Crippen LogP contribution in [0.3, 0.4) is 0 Å². The Morgan fingerprint density at radius 3 is 2.57 bits per heavy atom. The standard InChI is InChI=1S/C21H24ClN5O3/c1-21(2,3)30-11-10-29-19-9-4-15(12-23-19)20(28)24-13-18-26-25-14-27(18)17-7-5-16(22)6-8-17/h4-9,12,14H,10-11,13H2,1-3H3,(H,24,28). The number of pyridine rings is 1. The first-order chi connectivity index (χ1) is 14.3. The van der Waals surface area contributed by atoms with Crippen LogP contribution in [0.4, 0.5) is 0 Å². The molecule has 0 spiro atoms.